The number of amides is 1. The smallest absolute Gasteiger partial charge is 0.224 e. The SMILES string of the molecule is CC(CN)CC(=O)Nc1cccc(-n2cccn2)c1. The van der Waals surface area contributed by atoms with E-state index in [-0.39, 0.29) is 11.8 Å². The second-order valence-corrected chi connectivity index (χ2v) is 4.59. The molecule has 0 spiro atoms. The van der Waals surface area contributed by atoms with Gasteiger partial charge in [-0.2, -0.15) is 5.10 Å². The molecule has 5 nitrogen and oxygen atoms in total. The lowest BCUT2D eigenvalue weighted by atomic mass is 10.1. The second-order valence-electron chi connectivity index (χ2n) is 4.59. The van der Waals surface area contributed by atoms with E-state index in [0.717, 1.165) is 11.4 Å². The summed E-state index contributed by atoms with van der Waals surface area (Å²) < 4.78 is 1.75. The van der Waals surface area contributed by atoms with Crippen LogP contribution in [0.15, 0.2) is 42.7 Å². The van der Waals surface area contributed by atoms with Crippen molar-refractivity contribution in [1.29, 1.82) is 0 Å². The Morgan fingerprint density at radius 2 is 2.32 bits per heavy atom. The van der Waals surface area contributed by atoms with E-state index in [1.807, 2.05) is 43.5 Å². The predicted octanol–water partition coefficient (Wildman–Crippen LogP) is 1.80. The van der Waals surface area contributed by atoms with Crippen molar-refractivity contribution in [3.05, 3.63) is 42.7 Å². The number of hydrogen-bond donors (Lipinski definition) is 2. The molecule has 1 aromatic heterocycles. The number of nitrogens with one attached hydrogen (secondary N) is 1. The van der Waals surface area contributed by atoms with Crippen LogP contribution in [0.25, 0.3) is 5.69 Å². The maximum absolute atomic E-state index is 11.8. The van der Waals surface area contributed by atoms with E-state index in [9.17, 15) is 4.79 Å². The second kappa shape index (κ2) is 6.15. The Morgan fingerprint density at radius 1 is 1.47 bits per heavy atom. The van der Waals surface area contributed by atoms with Gasteiger partial charge in [-0.15, -0.1) is 0 Å². The van der Waals surface area contributed by atoms with Gasteiger partial charge in [0.2, 0.25) is 5.91 Å². The van der Waals surface area contributed by atoms with Crippen LogP contribution in [0.4, 0.5) is 5.69 Å². The summed E-state index contributed by atoms with van der Waals surface area (Å²) in [6, 6.07) is 9.42. The summed E-state index contributed by atoms with van der Waals surface area (Å²) in [6.45, 7) is 2.47. The lowest BCUT2D eigenvalue weighted by Gasteiger charge is -2.10. The number of nitrogens with two attached hydrogens (primary N) is 1. The zero-order valence-corrected chi connectivity index (χ0v) is 10.9. The first-order chi connectivity index (χ1) is 9.19. The number of benzene rings is 1. The number of anilines is 1. The van der Waals surface area contributed by atoms with Gasteiger partial charge in [0.05, 0.1) is 5.69 Å². The van der Waals surface area contributed by atoms with Gasteiger partial charge in [0.1, 0.15) is 0 Å². The molecule has 19 heavy (non-hydrogen) atoms. The van der Waals surface area contributed by atoms with E-state index < -0.39 is 0 Å². The first-order valence-electron chi connectivity index (χ1n) is 6.29. The highest BCUT2D eigenvalue weighted by molar-refractivity contribution is 5.91. The summed E-state index contributed by atoms with van der Waals surface area (Å²) >= 11 is 0. The fourth-order valence-corrected chi connectivity index (χ4v) is 1.76. The van der Waals surface area contributed by atoms with Crippen LogP contribution >= 0.6 is 0 Å². The van der Waals surface area contributed by atoms with Gasteiger partial charge in [-0.1, -0.05) is 13.0 Å². The van der Waals surface area contributed by atoms with Gasteiger partial charge < -0.3 is 11.1 Å². The number of hydrogen-bond acceptors (Lipinski definition) is 3. The molecule has 1 unspecified atom stereocenters. The molecule has 2 rings (SSSR count). The third-order valence-electron chi connectivity index (χ3n) is 2.84. The van der Waals surface area contributed by atoms with Gasteiger partial charge in [-0.3, -0.25) is 4.79 Å². The minimum Gasteiger partial charge on any atom is -0.330 e. The van der Waals surface area contributed by atoms with E-state index in [1.165, 1.54) is 0 Å². The predicted molar refractivity (Wildman–Crippen MR) is 75.0 cm³/mol. The van der Waals surface area contributed by atoms with E-state index in [4.69, 9.17) is 5.73 Å². The average Bonchev–Trinajstić information content (AvgIpc) is 2.92. The summed E-state index contributed by atoms with van der Waals surface area (Å²) in [5.41, 5.74) is 7.19. The lowest BCUT2D eigenvalue weighted by molar-refractivity contribution is -0.116. The lowest BCUT2D eigenvalue weighted by Crippen LogP contribution is -2.20. The van der Waals surface area contributed by atoms with Crippen LogP contribution in [0.2, 0.25) is 0 Å². The van der Waals surface area contributed by atoms with Crippen molar-refractivity contribution in [1.82, 2.24) is 9.78 Å². The molecule has 1 heterocycles. The molecule has 0 radical (unpaired) electrons. The molecule has 0 saturated heterocycles. The van der Waals surface area contributed by atoms with Crippen LogP contribution in [-0.2, 0) is 4.79 Å². The van der Waals surface area contributed by atoms with Crippen molar-refractivity contribution in [3.63, 3.8) is 0 Å². The van der Waals surface area contributed by atoms with Gasteiger partial charge in [0.25, 0.3) is 0 Å². The molecule has 1 atom stereocenters. The molecular weight excluding hydrogens is 240 g/mol. The van der Waals surface area contributed by atoms with E-state index >= 15 is 0 Å². The molecule has 0 saturated carbocycles. The average molecular weight is 258 g/mol. The first-order valence-corrected chi connectivity index (χ1v) is 6.29. The number of carbonyl (C=O) groups excluding carboxylic acids is 1. The molecule has 0 aliphatic heterocycles. The highest BCUT2D eigenvalue weighted by atomic mass is 16.1. The Balaban J connectivity index is 2.05. The summed E-state index contributed by atoms with van der Waals surface area (Å²) in [7, 11) is 0. The molecule has 3 N–H and O–H groups in total. The molecule has 0 aliphatic carbocycles. The summed E-state index contributed by atoms with van der Waals surface area (Å²) in [6.07, 6.45) is 4.01. The summed E-state index contributed by atoms with van der Waals surface area (Å²) in [4.78, 5) is 11.8. The van der Waals surface area contributed by atoms with Crippen molar-refractivity contribution >= 4 is 11.6 Å². The Bertz CT molecular complexity index is 536. The number of carbonyl (C=O) groups is 1. The topological polar surface area (TPSA) is 72.9 Å². The van der Waals surface area contributed by atoms with Crippen LogP contribution in [0, 0.1) is 5.92 Å². The van der Waals surface area contributed by atoms with Crippen molar-refractivity contribution in [2.24, 2.45) is 11.7 Å². The Morgan fingerprint density at radius 3 is 3.00 bits per heavy atom. The van der Waals surface area contributed by atoms with Crippen LogP contribution < -0.4 is 11.1 Å². The molecular formula is C14H18N4O. The largest absolute Gasteiger partial charge is 0.330 e. The van der Waals surface area contributed by atoms with Gasteiger partial charge in [-0.25, -0.2) is 4.68 Å². The van der Waals surface area contributed by atoms with Gasteiger partial charge >= 0.3 is 0 Å². The van der Waals surface area contributed by atoms with E-state index in [2.05, 4.69) is 10.4 Å². The van der Waals surface area contributed by atoms with Gasteiger partial charge in [0.15, 0.2) is 0 Å². The fraction of sp³-hybridized carbons (Fsp3) is 0.286. The Hall–Kier alpha value is -2.14. The minimum absolute atomic E-state index is 0.0180. The molecule has 1 amide bonds. The Labute approximate surface area is 112 Å². The van der Waals surface area contributed by atoms with Crippen molar-refractivity contribution in [2.45, 2.75) is 13.3 Å². The summed E-state index contributed by atoms with van der Waals surface area (Å²) in [5.74, 6) is 0.171. The van der Waals surface area contributed by atoms with Crippen LogP contribution in [0.3, 0.4) is 0 Å². The molecule has 0 fully saturated rings. The maximum Gasteiger partial charge on any atom is 0.224 e. The number of rotatable bonds is 5. The van der Waals surface area contributed by atoms with Crippen LogP contribution in [-0.4, -0.2) is 22.2 Å². The molecule has 0 aliphatic rings. The fourth-order valence-electron chi connectivity index (χ4n) is 1.76. The van der Waals surface area contributed by atoms with Gasteiger partial charge in [0, 0.05) is 24.5 Å². The van der Waals surface area contributed by atoms with Gasteiger partial charge in [-0.05, 0) is 36.7 Å². The zero-order valence-electron chi connectivity index (χ0n) is 10.9. The third-order valence-corrected chi connectivity index (χ3v) is 2.84. The normalized spacial score (nSPS) is 12.1. The third kappa shape index (κ3) is 3.66. The molecule has 5 heteroatoms. The highest BCUT2D eigenvalue weighted by Crippen LogP contribution is 2.14. The monoisotopic (exact) mass is 258 g/mol. The molecule has 100 valence electrons. The number of aromatic nitrogens is 2. The molecule has 2 aromatic rings. The van der Waals surface area contributed by atoms with Crippen LogP contribution in [0.1, 0.15) is 13.3 Å². The standard InChI is InChI=1S/C14H18N4O/c1-11(10-15)8-14(19)17-12-4-2-5-13(9-12)18-7-3-6-16-18/h2-7,9,11H,8,10,15H2,1H3,(H,17,19). The Kier molecular flexibility index (Phi) is 4.30. The number of nitrogens with zero attached hydrogens (tertiary/aromatic N) is 2. The molecule has 1 aromatic carbocycles. The maximum atomic E-state index is 11.8. The van der Waals surface area contributed by atoms with Crippen molar-refractivity contribution < 1.29 is 4.79 Å². The quantitative estimate of drug-likeness (QED) is 0.858. The minimum atomic E-state index is -0.0180. The van der Waals surface area contributed by atoms with E-state index in [0.29, 0.717) is 13.0 Å². The first kappa shape index (κ1) is 13.3. The van der Waals surface area contributed by atoms with Crippen molar-refractivity contribution in [3.8, 4) is 5.69 Å². The highest BCUT2D eigenvalue weighted by Gasteiger charge is 2.08. The molecule has 0 bridgehead atoms. The zero-order chi connectivity index (χ0) is 13.7. The van der Waals surface area contributed by atoms with Crippen LogP contribution in [0.5, 0.6) is 0 Å². The van der Waals surface area contributed by atoms with Crippen molar-refractivity contribution in [2.75, 3.05) is 11.9 Å². The van der Waals surface area contributed by atoms with E-state index in [1.54, 1.807) is 10.9 Å². The summed E-state index contributed by atoms with van der Waals surface area (Å²) in [5, 5.41) is 7.03.